The Morgan fingerprint density at radius 2 is 1.95 bits per heavy atom. The molecule has 0 radical (unpaired) electrons. The molecule has 118 valence electrons. The van der Waals surface area contributed by atoms with E-state index in [-0.39, 0.29) is 17.4 Å². The fourth-order valence-electron chi connectivity index (χ4n) is 2.86. The highest BCUT2D eigenvalue weighted by Gasteiger charge is 2.37. The number of anilines is 1. The van der Waals surface area contributed by atoms with Crippen LogP contribution in [0.1, 0.15) is 32.0 Å². The van der Waals surface area contributed by atoms with Gasteiger partial charge in [-0.15, -0.1) is 0 Å². The van der Waals surface area contributed by atoms with E-state index in [0.717, 1.165) is 25.3 Å². The molecule has 1 aliphatic heterocycles. The van der Waals surface area contributed by atoms with E-state index in [9.17, 15) is 17.6 Å². The largest absolute Gasteiger partial charge is 0.451 e. The number of alkyl halides is 3. The van der Waals surface area contributed by atoms with Crippen molar-refractivity contribution in [3.63, 3.8) is 0 Å². The monoisotopic (exact) mass is 313 g/mol. The highest BCUT2D eigenvalue weighted by molar-refractivity contribution is 5.90. The first kappa shape index (κ1) is 15.0. The number of piperidine rings is 1. The number of nitrogens with zero attached hydrogens (tertiary/aromatic N) is 3. The van der Waals surface area contributed by atoms with Crippen molar-refractivity contribution in [2.24, 2.45) is 0 Å². The van der Waals surface area contributed by atoms with Crippen molar-refractivity contribution in [1.82, 2.24) is 9.97 Å². The minimum atomic E-state index is -4.70. The molecule has 1 unspecified atom stereocenters. The number of fused-ring (bicyclic) bond motifs is 1. The van der Waals surface area contributed by atoms with Gasteiger partial charge >= 0.3 is 6.18 Å². The summed E-state index contributed by atoms with van der Waals surface area (Å²) in [5.74, 6) is -1.89. The first-order chi connectivity index (χ1) is 10.4. The molecule has 0 spiro atoms. The van der Waals surface area contributed by atoms with E-state index < -0.39 is 17.8 Å². The fourth-order valence-corrected chi connectivity index (χ4v) is 2.86. The molecule has 1 aromatic carbocycles. The predicted octanol–water partition coefficient (Wildman–Crippen LogP) is 4.17. The average molecular weight is 313 g/mol. The van der Waals surface area contributed by atoms with Gasteiger partial charge in [0.25, 0.3) is 0 Å². The molecule has 0 N–H and O–H groups in total. The summed E-state index contributed by atoms with van der Waals surface area (Å²) >= 11 is 0. The van der Waals surface area contributed by atoms with Crippen molar-refractivity contribution in [1.29, 1.82) is 0 Å². The number of hydrogen-bond acceptors (Lipinski definition) is 3. The van der Waals surface area contributed by atoms with E-state index in [1.54, 1.807) is 6.07 Å². The molecule has 1 aliphatic rings. The Hall–Kier alpha value is -1.92. The molecule has 0 amide bonds. The normalized spacial score (nSPS) is 19.7. The topological polar surface area (TPSA) is 29.0 Å². The van der Waals surface area contributed by atoms with E-state index in [2.05, 4.69) is 9.97 Å². The summed E-state index contributed by atoms with van der Waals surface area (Å²) in [5.41, 5.74) is -0.280. The number of aromatic nitrogens is 2. The lowest BCUT2D eigenvalue weighted by atomic mass is 10.0. The lowest BCUT2D eigenvalue weighted by molar-refractivity contribution is -0.144. The van der Waals surface area contributed by atoms with Gasteiger partial charge in [-0.3, -0.25) is 0 Å². The summed E-state index contributed by atoms with van der Waals surface area (Å²) in [6.07, 6.45) is -1.92. The third kappa shape index (κ3) is 2.60. The van der Waals surface area contributed by atoms with Crippen molar-refractivity contribution in [2.75, 3.05) is 11.4 Å². The summed E-state index contributed by atoms with van der Waals surface area (Å²) in [4.78, 5) is 8.92. The van der Waals surface area contributed by atoms with Crippen molar-refractivity contribution >= 4 is 16.7 Å². The zero-order chi connectivity index (χ0) is 15.9. The van der Waals surface area contributed by atoms with Gasteiger partial charge in [-0.2, -0.15) is 13.2 Å². The third-order valence-corrected chi connectivity index (χ3v) is 3.99. The third-order valence-electron chi connectivity index (χ3n) is 3.99. The fraction of sp³-hybridized carbons (Fsp3) is 0.467. The van der Waals surface area contributed by atoms with Gasteiger partial charge in [0.05, 0.1) is 0 Å². The number of hydrogen-bond donors (Lipinski definition) is 0. The zero-order valence-corrected chi connectivity index (χ0v) is 12.0. The molecule has 3 rings (SSSR count). The maximum Gasteiger partial charge on any atom is 0.451 e. The number of rotatable bonds is 1. The van der Waals surface area contributed by atoms with Crippen LogP contribution in [0.15, 0.2) is 18.2 Å². The van der Waals surface area contributed by atoms with Gasteiger partial charge in [-0.05, 0) is 38.3 Å². The first-order valence-corrected chi connectivity index (χ1v) is 7.18. The van der Waals surface area contributed by atoms with Crippen LogP contribution in [-0.4, -0.2) is 22.6 Å². The molecule has 1 saturated heterocycles. The van der Waals surface area contributed by atoms with Gasteiger partial charge in [0, 0.05) is 18.0 Å². The predicted molar refractivity (Wildman–Crippen MR) is 75.2 cm³/mol. The Balaban J connectivity index is 2.24. The van der Waals surface area contributed by atoms with Gasteiger partial charge in [0.2, 0.25) is 5.82 Å². The second-order valence-electron chi connectivity index (χ2n) is 5.54. The summed E-state index contributed by atoms with van der Waals surface area (Å²) in [6.45, 7) is 2.56. The standard InChI is InChI=1S/C15H15F4N3/c1-9-5-2-3-8-22(9)13-10-6-4-7-11(16)12(10)20-14(21-13)15(17,18)19/h4,6-7,9H,2-3,5,8H2,1H3. The first-order valence-electron chi connectivity index (χ1n) is 7.18. The quantitative estimate of drug-likeness (QED) is 0.740. The van der Waals surface area contributed by atoms with Crippen molar-refractivity contribution in [3.8, 4) is 0 Å². The van der Waals surface area contributed by atoms with Gasteiger partial charge in [0.1, 0.15) is 17.2 Å². The molecule has 1 aromatic heterocycles. The maximum absolute atomic E-state index is 13.9. The highest BCUT2D eigenvalue weighted by Crippen LogP contribution is 2.34. The Morgan fingerprint density at radius 3 is 2.64 bits per heavy atom. The van der Waals surface area contributed by atoms with Gasteiger partial charge in [0.15, 0.2) is 0 Å². The van der Waals surface area contributed by atoms with Crippen LogP contribution in [0.2, 0.25) is 0 Å². The molecular formula is C15H15F4N3. The summed E-state index contributed by atoms with van der Waals surface area (Å²) in [6, 6.07) is 4.21. The molecular weight excluding hydrogens is 298 g/mol. The number of benzene rings is 1. The number of para-hydroxylation sites is 1. The Labute approximate surface area is 125 Å². The van der Waals surface area contributed by atoms with Crippen molar-refractivity contribution in [3.05, 3.63) is 29.8 Å². The van der Waals surface area contributed by atoms with Gasteiger partial charge < -0.3 is 4.90 Å². The lowest BCUT2D eigenvalue weighted by Gasteiger charge is -2.35. The van der Waals surface area contributed by atoms with E-state index >= 15 is 0 Å². The lowest BCUT2D eigenvalue weighted by Crippen LogP contribution is -2.38. The van der Waals surface area contributed by atoms with Crippen molar-refractivity contribution in [2.45, 2.75) is 38.4 Å². The minimum Gasteiger partial charge on any atom is -0.353 e. The second-order valence-corrected chi connectivity index (χ2v) is 5.54. The summed E-state index contributed by atoms with van der Waals surface area (Å²) in [7, 11) is 0. The van der Waals surface area contributed by atoms with Gasteiger partial charge in [-0.1, -0.05) is 6.07 Å². The van der Waals surface area contributed by atoms with E-state index in [1.807, 2.05) is 11.8 Å². The summed E-state index contributed by atoms with van der Waals surface area (Å²) < 4.78 is 53.0. The van der Waals surface area contributed by atoms with Crippen LogP contribution in [-0.2, 0) is 6.18 Å². The zero-order valence-electron chi connectivity index (χ0n) is 12.0. The Bertz CT molecular complexity index is 699. The maximum atomic E-state index is 13.9. The summed E-state index contributed by atoms with van der Waals surface area (Å²) in [5, 5.41) is 0.321. The van der Waals surface area contributed by atoms with Crippen LogP contribution < -0.4 is 4.90 Å². The number of halogens is 4. The average Bonchev–Trinajstić information content (AvgIpc) is 2.46. The molecule has 2 heterocycles. The van der Waals surface area contributed by atoms with Crippen LogP contribution in [0.25, 0.3) is 10.9 Å². The highest BCUT2D eigenvalue weighted by atomic mass is 19.4. The molecule has 0 bridgehead atoms. The molecule has 7 heteroatoms. The molecule has 22 heavy (non-hydrogen) atoms. The smallest absolute Gasteiger partial charge is 0.353 e. The van der Waals surface area contributed by atoms with E-state index in [4.69, 9.17) is 0 Å². The molecule has 0 saturated carbocycles. The molecule has 0 aliphatic carbocycles. The van der Waals surface area contributed by atoms with Crippen LogP contribution in [0.4, 0.5) is 23.4 Å². The van der Waals surface area contributed by atoms with E-state index in [1.165, 1.54) is 6.07 Å². The molecule has 2 aromatic rings. The van der Waals surface area contributed by atoms with Crippen molar-refractivity contribution < 1.29 is 17.6 Å². The van der Waals surface area contributed by atoms with Crippen LogP contribution in [0, 0.1) is 5.82 Å². The van der Waals surface area contributed by atoms with E-state index in [0.29, 0.717) is 11.9 Å². The molecule has 1 fully saturated rings. The van der Waals surface area contributed by atoms with Gasteiger partial charge in [-0.25, -0.2) is 14.4 Å². The van der Waals surface area contributed by atoms with Crippen LogP contribution >= 0.6 is 0 Å². The second kappa shape index (κ2) is 5.37. The van der Waals surface area contributed by atoms with Crippen LogP contribution in [0.3, 0.4) is 0 Å². The Morgan fingerprint density at radius 1 is 1.18 bits per heavy atom. The Kier molecular flexibility index (Phi) is 3.66. The van der Waals surface area contributed by atoms with Crippen LogP contribution in [0.5, 0.6) is 0 Å². The molecule has 1 atom stereocenters. The minimum absolute atomic E-state index is 0.0659. The SMILES string of the molecule is CC1CCCCN1c1nc(C(F)(F)F)nc2c(F)cccc12. The molecule has 3 nitrogen and oxygen atoms in total.